The first-order valence-corrected chi connectivity index (χ1v) is 8.48. The van der Waals surface area contributed by atoms with Gasteiger partial charge in [-0.2, -0.15) is 0 Å². The van der Waals surface area contributed by atoms with E-state index in [0.717, 1.165) is 27.7 Å². The van der Waals surface area contributed by atoms with Crippen molar-refractivity contribution in [3.63, 3.8) is 0 Å². The average molecular weight is 355 g/mol. The number of fused-ring (bicyclic) bond motifs is 1. The van der Waals surface area contributed by atoms with Crippen LogP contribution in [0.25, 0.3) is 10.9 Å². The molecule has 0 fully saturated rings. The number of halogens is 1. The predicted molar refractivity (Wildman–Crippen MR) is 102 cm³/mol. The van der Waals surface area contributed by atoms with Crippen molar-refractivity contribution >= 4 is 39.8 Å². The van der Waals surface area contributed by atoms with Crippen molar-refractivity contribution in [1.82, 2.24) is 4.98 Å². The molecule has 0 unspecified atom stereocenters. The number of pyridine rings is 1. The largest absolute Gasteiger partial charge is 0.462 e. The Bertz CT molecular complexity index is 954. The third-order valence-corrected chi connectivity index (χ3v) is 4.54. The second-order valence-corrected chi connectivity index (χ2v) is 6.18. The Kier molecular flexibility index (Phi) is 4.91. The number of esters is 1. The minimum absolute atomic E-state index is 0.306. The molecule has 4 nitrogen and oxygen atoms in total. The molecule has 3 rings (SSSR count). The molecule has 0 aliphatic rings. The number of anilines is 2. The monoisotopic (exact) mass is 354 g/mol. The molecular formula is C20H19ClN2O2. The second-order valence-electron chi connectivity index (χ2n) is 5.78. The summed E-state index contributed by atoms with van der Waals surface area (Å²) in [6, 6.07) is 11.6. The zero-order chi connectivity index (χ0) is 18.0. The summed E-state index contributed by atoms with van der Waals surface area (Å²) in [5, 5.41) is 4.86. The van der Waals surface area contributed by atoms with Crippen LogP contribution in [0.1, 0.15) is 28.4 Å². The fourth-order valence-corrected chi connectivity index (χ4v) is 2.88. The van der Waals surface area contributed by atoms with Crippen molar-refractivity contribution in [3.05, 3.63) is 64.3 Å². The first-order valence-electron chi connectivity index (χ1n) is 8.10. The Morgan fingerprint density at radius 3 is 2.68 bits per heavy atom. The van der Waals surface area contributed by atoms with Gasteiger partial charge in [-0.25, -0.2) is 4.79 Å². The first-order chi connectivity index (χ1) is 12.0. The molecule has 25 heavy (non-hydrogen) atoms. The van der Waals surface area contributed by atoms with E-state index in [4.69, 9.17) is 16.3 Å². The van der Waals surface area contributed by atoms with E-state index in [1.54, 1.807) is 13.1 Å². The normalized spacial score (nSPS) is 10.7. The lowest BCUT2D eigenvalue weighted by atomic mass is 10.0. The van der Waals surface area contributed by atoms with Gasteiger partial charge in [0, 0.05) is 22.3 Å². The third-order valence-electron chi connectivity index (χ3n) is 4.13. The fraction of sp³-hybridized carbons (Fsp3) is 0.200. The van der Waals surface area contributed by atoms with E-state index in [0.29, 0.717) is 22.9 Å². The molecule has 3 aromatic rings. The molecule has 1 aromatic heterocycles. The van der Waals surface area contributed by atoms with Gasteiger partial charge >= 0.3 is 5.97 Å². The standard InChI is InChI=1S/C20H19ClN2O2/c1-4-25-20(24)15-11-22-18-13(3)16(21)10-9-14(18)19(15)23-17-8-6-5-7-12(17)2/h5-11H,4H2,1-3H3,(H,22,23). The minimum Gasteiger partial charge on any atom is -0.462 e. The Balaban J connectivity index is 2.24. The lowest BCUT2D eigenvalue weighted by molar-refractivity contribution is 0.0527. The summed E-state index contributed by atoms with van der Waals surface area (Å²) >= 11 is 6.23. The summed E-state index contributed by atoms with van der Waals surface area (Å²) < 4.78 is 5.19. The van der Waals surface area contributed by atoms with E-state index in [2.05, 4.69) is 10.3 Å². The number of hydrogen-bond acceptors (Lipinski definition) is 4. The lowest BCUT2D eigenvalue weighted by Gasteiger charge is -2.16. The third kappa shape index (κ3) is 3.30. The van der Waals surface area contributed by atoms with Gasteiger partial charge in [0.1, 0.15) is 5.56 Å². The van der Waals surface area contributed by atoms with Crippen molar-refractivity contribution in [2.24, 2.45) is 0 Å². The van der Waals surface area contributed by atoms with E-state index in [-0.39, 0.29) is 0 Å². The number of para-hydroxylation sites is 1. The molecular weight excluding hydrogens is 336 g/mol. The van der Waals surface area contributed by atoms with Crippen LogP contribution >= 0.6 is 11.6 Å². The quantitative estimate of drug-likeness (QED) is 0.635. The molecule has 2 aromatic carbocycles. The average Bonchev–Trinajstić information content (AvgIpc) is 2.60. The van der Waals surface area contributed by atoms with Crippen molar-refractivity contribution in [3.8, 4) is 0 Å². The van der Waals surface area contributed by atoms with Gasteiger partial charge in [-0.15, -0.1) is 0 Å². The van der Waals surface area contributed by atoms with Crippen LogP contribution in [0.2, 0.25) is 5.02 Å². The van der Waals surface area contributed by atoms with E-state index in [9.17, 15) is 4.79 Å². The number of aromatic nitrogens is 1. The number of nitrogens with one attached hydrogen (secondary N) is 1. The van der Waals surface area contributed by atoms with Crippen LogP contribution in [-0.4, -0.2) is 17.6 Å². The van der Waals surface area contributed by atoms with Crippen LogP contribution in [-0.2, 0) is 4.74 Å². The van der Waals surface area contributed by atoms with Crippen LogP contribution in [0.5, 0.6) is 0 Å². The maximum absolute atomic E-state index is 12.4. The topological polar surface area (TPSA) is 51.2 Å². The molecule has 0 aliphatic carbocycles. The maximum atomic E-state index is 12.4. The molecule has 128 valence electrons. The van der Waals surface area contributed by atoms with Crippen molar-refractivity contribution in [1.29, 1.82) is 0 Å². The number of benzene rings is 2. The number of carbonyl (C=O) groups excluding carboxylic acids is 1. The SMILES string of the molecule is CCOC(=O)c1cnc2c(C)c(Cl)ccc2c1Nc1ccccc1C. The predicted octanol–water partition coefficient (Wildman–Crippen LogP) is 5.43. The van der Waals surface area contributed by atoms with Crippen molar-refractivity contribution in [2.75, 3.05) is 11.9 Å². The Morgan fingerprint density at radius 2 is 1.96 bits per heavy atom. The molecule has 0 radical (unpaired) electrons. The smallest absolute Gasteiger partial charge is 0.341 e. The van der Waals surface area contributed by atoms with Gasteiger partial charge in [0.2, 0.25) is 0 Å². The number of carbonyl (C=O) groups is 1. The summed E-state index contributed by atoms with van der Waals surface area (Å²) in [5.41, 5.74) is 4.72. The van der Waals surface area contributed by atoms with E-state index < -0.39 is 5.97 Å². The highest BCUT2D eigenvalue weighted by Crippen LogP contribution is 2.34. The molecule has 0 atom stereocenters. The van der Waals surface area contributed by atoms with Crippen LogP contribution in [0.4, 0.5) is 11.4 Å². The Hall–Kier alpha value is -2.59. The molecule has 0 saturated heterocycles. The molecule has 0 saturated carbocycles. The minimum atomic E-state index is -0.402. The second kappa shape index (κ2) is 7.11. The summed E-state index contributed by atoms with van der Waals surface area (Å²) in [5.74, 6) is -0.402. The molecule has 0 bridgehead atoms. The van der Waals surface area contributed by atoms with Crippen molar-refractivity contribution < 1.29 is 9.53 Å². The van der Waals surface area contributed by atoms with E-state index in [1.165, 1.54) is 0 Å². The van der Waals surface area contributed by atoms with Crippen LogP contribution in [0, 0.1) is 13.8 Å². The zero-order valence-electron chi connectivity index (χ0n) is 14.4. The number of hydrogen-bond donors (Lipinski definition) is 1. The van der Waals surface area contributed by atoms with Gasteiger partial charge in [-0.05, 0) is 50.1 Å². The first kappa shape index (κ1) is 17.2. The zero-order valence-corrected chi connectivity index (χ0v) is 15.1. The van der Waals surface area contributed by atoms with E-state index >= 15 is 0 Å². The Morgan fingerprint density at radius 1 is 1.20 bits per heavy atom. The summed E-state index contributed by atoms with van der Waals surface area (Å²) in [6.45, 7) is 6.02. The molecule has 0 amide bonds. The Labute approximate surface area is 151 Å². The van der Waals surface area contributed by atoms with E-state index in [1.807, 2.05) is 50.2 Å². The van der Waals surface area contributed by atoms with Gasteiger partial charge in [0.15, 0.2) is 0 Å². The molecule has 5 heteroatoms. The van der Waals surface area contributed by atoms with Crippen LogP contribution in [0.15, 0.2) is 42.6 Å². The van der Waals surface area contributed by atoms with Gasteiger partial charge in [-0.3, -0.25) is 4.98 Å². The number of ether oxygens (including phenoxy) is 1. The molecule has 1 heterocycles. The highest BCUT2D eigenvalue weighted by atomic mass is 35.5. The fourth-order valence-electron chi connectivity index (χ4n) is 2.73. The summed E-state index contributed by atoms with van der Waals surface area (Å²) in [7, 11) is 0. The van der Waals surface area contributed by atoms with Gasteiger partial charge in [0.05, 0.1) is 17.8 Å². The highest BCUT2D eigenvalue weighted by molar-refractivity contribution is 6.32. The summed E-state index contributed by atoms with van der Waals surface area (Å²) in [4.78, 5) is 16.9. The lowest BCUT2D eigenvalue weighted by Crippen LogP contribution is -2.10. The van der Waals surface area contributed by atoms with Crippen LogP contribution < -0.4 is 5.32 Å². The maximum Gasteiger partial charge on any atom is 0.341 e. The summed E-state index contributed by atoms with van der Waals surface area (Å²) in [6.07, 6.45) is 1.55. The molecule has 0 spiro atoms. The van der Waals surface area contributed by atoms with Crippen LogP contribution in [0.3, 0.4) is 0 Å². The molecule has 1 N–H and O–H groups in total. The highest BCUT2D eigenvalue weighted by Gasteiger charge is 2.18. The van der Waals surface area contributed by atoms with Gasteiger partial charge in [-0.1, -0.05) is 29.8 Å². The van der Waals surface area contributed by atoms with Gasteiger partial charge < -0.3 is 10.1 Å². The number of nitrogens with zero attached hydrogens (tertiary/aromatic N) is 1. The number of aryl methyl sites for hydroxylation is 2. The molecule has 0 aliphatic heterocycles. The number of rotatable bonds is 4. The van der Waals surface area contributed by atoms with Crippen molar-refractivity contribution in [2.45, 2.75) is 20.8 Å². The van der Waals surface area contributed by atoms with Gasteiger partial charge in [0.25, 0.3) is 0 Å².